The van der Waals surface area contributed by atoms with Gasteiger partial charge in [0.2, 0.25) is 0 Å². The highest BCUT2D eigenvalue weighted by Crippen LogP contribution is 2.31. The van der Waals surface area contributed by atoms with Gasteiger partial charge < -0.3 is 4.84 Å². The summed E-state index contributed by atoms with van der Waals surface area (Å²) in [5.41, 5.74) is 3.28. The zero-order chi connectivity index (χ0) is 9.26. The average molecular weight is 176 g/mol. The Morgan fingerprint density at radius 3 is 3.00 bits per heavy atom. The number of carbonyl (C=O) groups excluding carboxylic acids is 1. The average Bonchev–Trinajstić information content (AvgIpc) is 2.18. The molecule has 1 amide bonds. The fraction of sp³-hybridized carbons (Fsp3) is 0.200. The van der Waals surface area contributed by atoms with Gasteiger partial charge in [-0.05, 0) is 12.5 Å². The smallest absolute Gasteiger partial charge is 0.260 e. The van der Waals surface area contributed by atoms with Crippen molar-refractivity contribution in [3.63, 3.8) is 0 Å². The lowest BCUT2D eigenvalue weighted by molar-refractivity contribution is -0.130. The third-order valence-electron chi connectivity index (χ3n) is 2.16. The zero-order valence-electron chi connectivity index (χ0n) is 7.12. The van der Waals surface area contributed by atoms with Crippen LogP contribution >= 0.6 is 0 Å². The topological polar surface area (TPSA) is 38.3 Å². The first-order valence-electron chi connectivity index (χ1n) is 4.18. The molecule has 1 aromatic rings. The minimum atomic E-state index is -0.176. The van der Waals surface area contributed by atoms with Crippen LogP contribution in [0, 0.1) is 6.92 Å². The molecule has 1 aliphatic heterocycles. The lowest BCUT2D eigenvalue weighted by Crippen LogP contribution is -2.36. The van der Waals surface area contributed by atoms with E-state index in [4.69, 9.17) is 4.84 Å². The predicted molar refractivity (Wildman–Crippen MR) is 47.9 cm³/mol. The van der Waals surface area contributed by atoms with Gasteiger partial charge in [0.1, 0.15) is 0 Å². The van der Waals surface area contributed by atoms with Crippen LogP contribution in [0.25, 0.3) is 0 Å². The third kappa shape index (κ3) is 1.26. The number of hydroxylamine groups is 1. The Morgan fingerprint density at radius 1 is 1.46 bits per heavy atom. The molecule has 0 aromatic heterocycles. The minimum Gasteiger partial charge on any atom is -0.379 e. The Morgan fingerprint density at radius 2 is 2.23 bits per heavy atom. The van der Waals surface area contributed by atoms with Gasteiger partial charge in [0.05, 0.1) is 5.92 Å². The van der Waals surface area contributed by atoms with E-state index in [1.54, 1.807) is 0 Å². The molecule has 3 nitrogen and oxygen atoms in total. The molecule has 67 valence electrons. The maximum atomic E-state index is 11.3. The molecule has 0 saturated heterocycles. The summed E-state index contributed by atoms with van der Waals surface area (Å²) < 4.78 is 0. The van der Waals surface area contributed by atoms with Gasteiger partial charge >= 0.3 is 0 Å². The van der Waals surface area contributed by atoms with E-state index in [1.165, 1.54) is 0 Å². The van der Waals surface area contributed by atoms with Gasteiger partial charge in [0, 0.05) is 5.56 Å². The molecule has 1 radical (unpaired) electrons. The molecular weight excluding hydrogens is 166 g/mol. The number of hydrogen-bond donors (Lipinski definition) is 1. The van der Waals surface area contributed by atoms with E-state index in [1.807, 2.05) is 24.3 Å². The van der Waals surface area contributed by atoms with Crippen molar-refractivity contribution in [3.05, 3.63) is 36.8 Å². The maximum Gasteiger partial charge on any atom is 0.260 e. The summed E-state index contributed by atoms with van der Waals surface area (Å²) in [6.45, 7) is 3.74. The first kappa shape index (κ1) is 8.10. The molecule has 1 aromatic carbocycles. The second-order valence-corrected chi connectivity index (χ2v) is 2.95. The van der Waals surface area contributed by atoms with E-state index in [-0.39, 0.29) is 11.8 Å². The van der Waals surface area contributed by atoms with E-state index in [0.717, 1.165) is 11.3 Å². The SMILES string of the molecule is [CH2]CC1C(=O)NOc2ccccc21. The van der Waals surface area contributed by atoms with Crippen LogP contribution in [0.1, 0.15) is 17.9 Å². The molecule has 0 aliphatic carbocycles. The van der Waals surface area contributed by atoms with Gasteiger partial charge in [-0.15, -0.1) is 0 Å². The van der Waals surface area contributed by atoms with E-state index < -0.39 is 0 Å². The van der Waals surface area contributed by atoms with E-state index in [9.17, 15) is 4.79 Å². The summed E-state index contributed by atoms with van der Waals surface area (Å²) in [5, 5.41) is 0. The molecule has 1 aliphatic rings. The van der Waals surface area contributed by atoms with Crippen LogP contribution in [-0.2, 0) is 4.79 Å². The Kier molecular flexibility index (Phi) is 1.93. The Labute approximate surface area is 76.7 Å². The fourth-order valence-electron chi connectivity index (χ4n) is 1.47. The molecule has 0 saturated carbocycles. The number of nitrogens with one attached hydrogen (secondary N) is 1. The van der Waals surface area contributed by atoms with Crippen LogP contribution in [0.3, 0.4) is 0 Å². The molecule has 2 rings (SSSR count). The van der Waals surface area contributed by atoms with Crippen molar-refractivity contribution in [3.8, 4) is 5.75 Å². The monoisotopic (exact) mass is 176 g/mol. The van der Waals surface area contributed by atoms with Crippen molar-refractivity contribution >= 4 is 5.91 Å². The van der Waals surface area contributed by atoms with Crippen LogP contribution in [-0.4, -0.2) is 5.91 Å². The second-order valence-electron chi connectivity index (χ2n) is 2.95. The molecule has 3 heteroatoms. The minimum absolute atomic E-state index is 0.117. The molecule has 1 unspecified atom stereocenters. The Balaban J connectivity index is 2.45. The molecule has 0 bridgehead atoms. The summed E-state index contributed by atoms with van der Waals surface area (Å²) in [4.78, 5) is 16.4. The highest BCUT2D eigenvalue weighted by atomic mass is 16.7. The molecule has 13 heavy (non-hydrogen) atoms. The first-order valence-corrected chi connectivity index (χ1v) is 4.18. The lowest BCUT2D eigenvalue weighted by atomic mass is 9.94. The number of fused-ring (bicyclic) bond motifs is 1. The molecule has 0 spiro atoms. The summed E-state index contributed by atoms with van der Waals surface area (Å²) in [6, 6.07) is 7.49. The summed E-state index contributed by atoms with van der Waals surface area (Å²) in [6.07, 6.45) is 0.548. The predicted octanol–water partition coefficient (Wildman–Crippen LogP) is 1.42. The number of carbonyl (C=O) groups is 1. The molecule has 1 N–H and O–H groups in total. The van der Waals surface area contributed by atoms with Crippen LogP contribution in [0.2, 0.25) is 0 Å². The number of hydrogen-bond acceptors (Lipinski definition) is 2. The van der Waals surface area contributed by atoms with Gasteiger partial charge in [0.25, 0.3) is 5.91 Å². The van der Waals surface area contributed by atoms with Crippen LogP contribution in [0.15, 0.2) is 24.3 Å². The molecule has 1 atom stereocenters. The Bertz CT molecular complexity index is 335. The van der Waals surface area contributed by atoms with Crippen LogP contribution in [0.5, 0.6) is 5.75 Å². The van der Waals surface area contributed by atoms with E-state index >= 15 is 0 Å². The normalized spacial score (nSPS) is 20.1. The second kappa shape index (κ2) is 3.09. The summed E-state index contributed by atoms with van der Waals surface area (Å²) in [7, 11) is 0. The first-order chi connectivity index (χ1) is 6.33. The van der Waals surface area contributed by atoms with Gasteiger partial charge in [-0.25, -0.2) is 0 Å². The van der Waals surface area contributed by atoms with Crippen molar-refractivity contribution in [1.29, 1.82) is 0 Å². The van der Waals surface area contributed by atoms with Crippen LogP contribution in [0.4, 0.5) is 0 Å². The van der Waals surface area contributed by atoms with E-state index in [2.05, 4.69) is 12.4 Å². The van der Waals surface area contributed by atoms with Gasteiger partial charge in [0.15, 0.2) is 5.75 Å². The Hall–Kier alpha value is -1.51. The van der Waals surface area contributed by atoms with Crippen molar-refractivity contribution in [1.82, 2.24) is 5.48 Å². The quantitative estimate of drug-likeness (QED) is 0.702. The largest absolute Gasteiger partial charge is 0.379 e. The number of amides is 1. The highest BCUT2D eigenvalue weighted by Gasteiger charge is 2.26. The zero-order valence-corrected chi connectivity index (χ0v) is 7.12. The number of rotatable bonds is 1. The summed E-state index contributed by atoms with van der Waals surface area (Å²) >= 11 is 0. The van der Waals surface area contributed by atoms with Crippen LogP contribution < -0.4 is 10.3 Å². The number of benzene rings is 1. The molecule has 1 heterocycles. The summed E-state index contributed by atoms with van der Waals surface area (Å²) in [5.74, 6) is 0.425. The van der Waals surface area contributed by atoms with Crippen molar-refractivity contribution in [2.75, 3.05) is 0 Å². The van der Waals surface area contributed by atoms with Crippen molar-refractivity contribution in [2.24, 2.45) is 0 Å². The lowest BCUT2D eigenvalue weighted by Gasteiger charge is -2.23. The third-order valence-corrected chi connectivity index (χ3v) is 2.16. The van der Waals surface area contributed by atoms with E-state index in [0.29, 0.717) is 6.42 Å². The van der Waals surface area contributed by atoms with Gasteiger partial charge in [-0.1, -0.05) is 25.1 Å². The van der Waals surface area contributed by atoms with Gasteiger partial charge in [-0.3, -0.25) is 4.79 Å². The molecular formula is C10H10NO2. The fourth-order valence-corrected chi connectivity index (χ4v) is 1.47. The van der Waals surface area contributed by atoms with Crippen molar-refractivity contribution in [2.45, 2.75) is 12.3 Å². The standard InChI is InChI=1S/C10H10NO2/c1-2-7-8-5-3-4-6-9(8)13-11-10(7)12/h3-7H,1-2H2,(H,11,12). The maximum absolute atomic E-state index is 11.3. The highest BCUT2D eigenvalue weighted by molar-refractivity contribution is 5.85. The number of para-hydroxylation sites is 1. The van der Waals surface area contributed by atoms with Crippen molar-refractivity contribution < 1.29 is 9.63 Å². The molecule has 0 fully saturated rings. The van der Waals surface area contributed by atoms with Gasteiger partial charge in [-0.2, -0.15) is 5.48 Å².